The molecule has 1 atom stereocenters. The minimum atomic E-state index is -0.246. The monoisotopic (exact) mass is 314 g/mol. The van der Waals surface area contributed by atoms with Crippen molar-refractivity contribution < 1.29 is 13.9 Å². The fraction of sp³-hybridized carbons (Fsp3) is 0.400. The average molecular weight is 314 g/mol. The molecule has 0 aromatic heterocycles. The van der Waals surface area contributed by atoms with E-state index < -0.39 is 0 Å². The molecule has 122 valence electrons. The van der Waals surface area contributed by atoms with Crippen LogP contribution in [0, 0.1) is 11.7 Å². The molecule has 0 aliphatic heterocycles. The van der Waals surface area contributed by atoms with E-state index in [9.17, 15) is 4.39 Å². The lowest BCUT2D eigenvalue weighted by atomic mass is 9.67. The summed E-state index contributed by atoms with van der Waals surface area (Å²) in [5, 5.41) is 0. The van der Waals surface area contributed by atoms with Gasteiger partial charge in [0.05, 0.1) is 14.2 Å². The van der Waals surface area contributed by atoms with Gasteiger partial charge in [-0.05, 0) is 47.2 Å². The zero-order valence-corrected chi connectivity index (χ0v) is 14.4. The topological polar surface area (TPSA) is 18.5 Å². The largest absolute Gasteiger partial charge is 0.497 e. The Morgan fingerprint density at radius 2 is 1.78 bits per heavy atom. The Morgan fingerprint density at radius 3 is 2.35 bits per heavy atom. The van der Waals surface area contributed by atoms with Crippen molar-refractivity contribution in [3.8, 4) is 22.6 Å². The highest BCUT2D eigenvalue weighted by atomic mass is 19.1. The summed E-state index contributed by atoms with van der Waals surface area (Å²) >= 11 is 0. The minimum absolute atomic E-state index is 0.194. The Morgan fingerprint density at radius 1 is 1.04 bits per heavy atom. The zero-order valence-electron chi connectivity index (χ0n) is 14.4. The highest BCUT2D eigenvalue weighted by Gasteiger charge is 2.46. The van der Waals surface area contributed by atoms with Gasteiger partial charge in [0.25, 0.3) is 0 Å². The molecular formula is C20H23FO2. The number of rotatable bonds is 4. The van der Waals surface area contributed by atoms with E-state index in [0.717, 1.165) is 40.2 Å². The van der Waals surface area contributed by atoms with E-state index in [4.69, 9.17) is 9.47 Å². The molecule has 1 unspecified atom stereocenters. The molecule has 2 nitrogen and oxygen atoms in total. The van der Waals surface area contributed by atoms with Gasteiger partial charge in [-0.3, -0.25) is 0 Å². The van der Waals surface area contributed by atoms with Gasteiger partial charge in [0.15, 0.2) is 0 Å². The Labute approximate surface area is 137 Å². The van der Waals surface area contributed by atoms with Crippen LogP contribution in [0.5, 0.6) is 11.5 Å². The standard InChI is InChI=1S/C20H23FO2/c1-6-20(12(2)3)17-9-13(21)7-8-15(17)16-10-14(22-4)11-18(23-5)19(16)20/h7-12H,6H2,1-5H3. The third-order valence-electron chi connectivity index (χ3n) is 5.27. The van der Waals surface area contributed by atoms with Crippen molar-refractivity contribution in [3.05, 3.63) is 47.3 Å². The van der Waals surface area contributed by atoms with Crippen molar-refractivity contribution in [2.75, 3.05) is 14.2 Å². The van der Waals surface area contributed by atoms with Crippen LogP contribution in [0.3, 0.4) is 0 Å². The van der Waals surface area contributed by atoms with Crippen LogP contribution < -0.4 is 9.47 Å². The maximum absolute atomic E-state index is 14.0. The summed E-state index contributed by atoms with van der Waals surface area (Å²) in [6.45, 7) is 6.54. The third kappa shape index (κ3) is 2.06. The second-order valence-electron chi connectivity index (χ2n) is 6.42. The van der Waals surface area contributed by atoms with E-state index in [-0.39, 0.29) is 11.2 Å². The number of hydrogen-bond donors (Lipinski definition) is 0. The van der Waals surface area contributed by atoms with Crippen molar-refractivity contribution in [3.63, 3.8) is 0 Å². The number of fused-ring (bicyclic) bond motifs is 3. The first-order chi connectivity index (χ1) is 11.0. The van der Waals surface area contributed by atoms with Crippen LogP contribution in [0.1, 0.15) is 38.3 Å². The number of ether oxygens (including phenoxy) is 2. The lowest BCUT2D eigenvalue weighted by molar-refractivity contribution is 0.336. The SMILES string of the molecule is CCC1(C(C)C)c2cc(F)ccc2-c2cc(OC)cc(OC)c21. The van der Waals surface area contributed by atoms with Crippen LogP contribution in [0.15, 0.2) is 30.3 Å². The summed E-state index contributed by atoms with van der Waals surface area (Å²) in [6.07, 6.45) is 0.886. The third-order valence-corrected chi connectivity index (χ3v) is 5.27. The average Bonchev–Trinajstić information content (AvgIpc) is 2.83. The highest BCUT2D eigenvalue weighted by Crippen LogP contribution is 2.58. The minimum Gasteiger partial charge on any atom is -0.497 e. The van der Waals surface area contributed by atoms with Crippen LogP contribution in [0.4, 0.5) is 4.39 Å². The fourth-order valence-electron chi connectivity index (χ4n) is 4.17. The first-order valence-corrected chi connectivity index (χ1v) is 8.06. The van der Waals surface area contributed by atoms with Gasteiger partial charge in [0.2, 0.25) is 0 Å². The lowest BCUT2D eigenvalue weighted by Gasteiger charge is -2.36. The van der Waals surface area contributed by atoms with E-state index in [0.29, 0.717) is 5.92 Å². The van der Waals surface area contributed by atoms with E-state index in [1.54, 1.807) is 20.3 Å². The van der Waals surface area contributed by atoms with E-state index in [1.807, 2.05) is 18.2 Å². The molecule has 0 saturated heterocycles. The molecule has 0 heterocycles. The molecule has 1 aliphatic carbocycles. The van der Waals surface area contributed by atoms with E-state index >= 15 is 0 Å². The quantitative estimate of drug-likeness (QED) is 0.774. The molecule has 0 radical (unpaired) electrons. The molecule has 3 rings (SSSR count). The van der Waals surface area contributed by atoms with Gasteiger partial charge in [-0.15, -0.1) is 0 Å². The molecule has 0 N–H and O–H groups in total. The van der Waals surface area contributed by atoms with Gasteiger partial charge in [-0.2, -0.15) is 0 Å². The zero-order chi connectivity index (χ0) is 16.8. The second-order valence-corrected chi connectivity index (χ2v) is 6.42. The summed E-state index contributed by atoms with van der Waals surface area (Å²) in [5.74, 6) is 1.69. The summed E-state index contributed by atoms with van der Waals surface area (Å²) in [7, 11) is 3.33. The molecule has 0 saturated carbocycles. The number of methoxy groups -OCH3 is 2. The van der Waals surface area contributed by atoms with Gasteiger partial charge in [0.1, 0.15) is 17.3 Å². The second kappa shape index (κ2) is 5.55. The number of hydrogen-bond acceptors (Lipinski definition) is 2. The van der Waals surface area contributed by atoms with Gasteiger partial charge in [0, 0.05) is 17.0 Å². The predicted molar refractivity (Wildman–Crippen MR) is 90.8 cm³/mol. The predicted octanol–water partition coefficient (Wildman–Crippen LogP) is 5.18. The molecule has 0 amide bonds. The smallest absolute Gasteiger partial charge is 0.127 e. The van der Waals surface area contributed by atoms with Crippen molar-refractivity contribution in [2.24, 2.45) is 5.92 Å². The van der Waals surface area contributed by atoms with Gasteiger partial charge >= 0.3 is 0 Å². The lowest BCUT2D eigenvalue weighted by Crippen LogP contribution is -2.31. The maximum atomic E-state index is 14.0. The molecule has 2 aromatic rings. The summed E-state index contributed by atoms with van der Waals surface area (Å²) in [5.41, 5.74) is 4.13. The molecule has 3 heteroatoms. The normalized spacial score (nSPS) is 18.7. The number of benzene rings is 2. The summed E-state index contributed by atoms with van der Waals surface area (Å²) < 4.78 is 25.1. The van der Waals surface area contributed by atoms with Crippen molar-refractivity contribution >= 4 is 0 Å². The Balaban J connectivity index is 2.44. The molecule has 0 fully saturated rings. The molecule has 2 aromatic carbocycles. The first-order valence-electron chi connectivity index (χ1n) is 8.06. The number of halogens is 1. The molecule has 23 heavy (non-hydrogen) atoms. The van der Waals surface area contributed by atoms with Crippen LogP contribution in [0.25, 0.3) is 11.1 Å². The van der Waals surface area contributed by atoms with Crippen molar-refractivity contribution in [2.45, 2.75) is 32.6 Å². The van der Waals surface area contributed by atoms with Crippen molar-refractivity contribution in [1.29, 1.82) is 0 Å². The van der Waals surface area contributed by atoms with Crippen LogP contribution in [-0.4, -0.2) is 14.2 Å². The summed E-state index contributed by atoms with van der Waals surface area (Å²) in [4.78, 5) is 0. The Kier molecular flexibility index (Phi) is 3.83. The highest BCUT2D eigenvalue weighted by molar-refractivity contribution is 5.84. The first kappa shape index (κ1) is 15.9. The van der Waals surface area contributed by atoms with Crippen LogP contribution in [-0.2, 0) is 5.41 Å². The molecular weight excluding hydrogens is 291 g/mol. The van der Waals surface area contributed by atoms with Crippen LogP contribution in [0.2, 0.25) is 0 Å². The van der Waals surface area contributed by atoms with Gasteiger partial charge in [-0.1, -0.05) is 26.8 Å². The summed E-state index contributed by atoms with van der Waals surface area (Å²) in [6, 6.07) is 9.05. The molecule has 0 spiro atoms. The van der Waals surface area contributed by atoms with E-state index in [2.05, 4.69) is 20.8 Å². The van der Waals surface area contributed by atoms with Gasteiger partial charge in [-0.25, -0.2) is 4.39 Å². The Bertz CT molecular complexity index is 752. The van der Waals surface area contributed by atoms with Crippen molar-refractivity contribution in [1.82, 2.24) is 0 Å². The molecule has 0 bridgehead atoms. The molecule has 1 aliphatic rings. The Hall–Kier alpha value is -2.03. The van der Waals surface area contributed by atoms with Crippen LogP contribution >= 0.6 is 0 Å². The fourth-order valence-corrected chi connectivity index (χ4v) is 4.17. The van der Waals surface area contributed by atoms with E-state index in [1.165, 1.54) is 6.07 Å². The van der Waals surface area contributed by atoms with Gasteiger partial charge < -0.3 is 9.47 Å². The maximum Gasteiger partial charge on any atom is 0.127 e.